The number of aliphatic hydroxyl groups excluding tert-OH is 4. The van der Waals surface area contributed by atoms with Crippen molar-refractivity contribution in [1.82, 2.24) is 0 Å². The Morgan fingerprint density at radius 3 is 2.29 bits per heavy atom. The average molecular weight is 479 g/mol. The topological polar surface area (TPSA) is 201 Å². The van der Waals surface area contributed by atoms with E-state index in [1.807, 2.05) is 0 Å². The fourth-order valence-corrected chi connectivity index (χ4v) is 3.64. The molecular weight excluding hydrogens is 456 g/mol. The number of methoxy groups -OCH3 is 1. The molecule has 0 aliphatic carbocycles. The Morgan fingerprint density at radius 2 is 1.62 bits per heavy atom. The second-order valence-electron chi connectivity index (χ2n) is 7.68. The molecule has 182 valence electrons. The maximum absolute atomic E-state index is 10.4. The van der Waals surface area contributed by atoms with E-state index in [1.54, 1.807) is 0 Å². The van der Waals surface area contributed by atoms with Crippen molar-refractivity contribution in [3.63, 3.8) is 0 Å². The number of hydrogen-bond acceptors (Lipinski definition) is 11. The van der Waals surface area contributed by atoms with E-state index in [-0.39, 0.29) is 45.3 Å². The Kier molecular flexibility index (Phi) is 6.25. The summed E-state index contributed by atoms with van der Waals surface area (Å²) in [5.74, 6) is -2.12. The summed E-state index contributed by atoms with van der Waals surface area (Å²) >= 11 is 0. The molecule has 0 unspecified atom stereocenters. The van der Waals surface area contributed by atoms with Crippen molar-refractivity contribution in [2.45, 2.75) is 30.7 Å². The number of aliphatic hydroxyl groups is 4. The van der Waals surface area contributed by atoms with Crippen molar-refractivity contribution in [3.05, 3.63) is 30.3 Å². The van der Waals surface area contributed by atoms with E-state index < -0.39 is 48.8 Å². The van der Waals surface area contributed by atoms with Gasteiger partial charge < -0.3 is 55.1 Å². The first kappa shape index (κ1) is 23.6. The number of phenolic OH excluding ortho intramolecular Hbond substituents is 4. The lowest BCUT2D eigenvalue weighted by Crippen LogP contribution is -2.60. The molecule has 3 aromatic rings. The number of phenols is 4. The maximum atomic E-state index is 10.4. The van der Waals surface area contributed by atoms with Gasteiger partial charge in [-0.05, 0) is 0 Å². The van der Waals surface area contributed by atoms with E-state index in [9.17, 15) is 40.9 Å². The van der Waals surface area contributed by atoms with Gasteiger partial charge in [0, 0.05) is 24.3 Å². The monoisotopic (exact) mass is 479 g/mol. The maximum Gasteiger partial charge on any atom is 0.402 e. The van der Waals surface area contributed by atoms with Crippen molar-refractivity contribution < 1.29 is 59.5 Å². The highest BCUT2D eigenvalue weighted by Crippen LogP contribution is 2.45. The van der Waals surface area contributed by atoms with Crippen LogP contribution >= 0.6 is 0 Å². The summed E-state index contributed by atoms with van der Waals surface area (Å²) < 4.78 is 22.0. The van der Waals surface area contributed by atoms with Gasteiger partial charge in [-0.25, -0.2) is 4.42 Å². The van der Waals surface area contributed by atoms with Gasteiger partial charge in [0.05, 0.1) is 25.3 Å². The Hall–Kier alpha value is -3.55. The van der Waals surface area contributed by atoms with E-state index >= 15 is 0 Å². The first-order valence-corrected chi connectivity index (χ1v) is 10.0. The molecule has 5 atom stereocenters. The number of aromatic hydroxyl groups is 4. The molecule has 0 spiro atoms. The van der Waals surface area contributed by atoms with Gasteiger partial charge in [-0.15, -0.1) is 0 Å². The van der Waals surface area contributed by atoms with E-state index in [1.165, 1.54) is 25.3 Å². The van der Waals surface area contributed by atoms with Crippen LogP contribution in [0.5, 0.6) is 34.5 Å². The van der Waals surface area contributed by atoms with Crippen LogP contribution in [0.15, 0.2) is 34.7 Å². The van der Waals surface area contributed by atoms with Crippen LogP contribution in [0.3, 0.4) is 0 Å². The van der Waals surface area contributed by atoms with Crippen LogP contribution in [0, 0.1) is 0 Å². The molecular formula is C22H23O12+. The highest BCUT2D eigenvalue weighted by atomic mass is 16.7. The van der Waals surface area contributed by atoms with Gasteiger partial charge in [-0.2, -0.15) is 0 Å². The predicted octanol–water partition coefficient (Wildman–Crippen LogP) is 0.391. The minimum Gasteiger partial charge on any atom is -0.507 e. The standard InChI is InChI=1S/C22H22O12/c1-31-14-3-8(2-12(26)17(14)27)21-15(6-10-11(25)4-9(24)5-13(10)32-21)33-22-20(30)19(29)18(28)16(7-23)34-22/h2-6,16,18-20,22-23,28-30H,7H2,1H3,(H3-,24,25,26,27)/p+1/t16-,18+,19+,20-,22-/m1/s1. The molecule has 0 bridgehead atoms. The number of benzene rings is 2. The molecule has 0 saturated carbocycles. The highest BCUT2D eigenvalue weighted by Gasteiger charge is 2.45. The smallest absolute Gasteiger partial charge is 0.402 e. The number of rotatable bonds is 5. The summed E-state index contributed by atoms with van der Waals surface area (Å²) in [6, 6.07) is 6.01. The van der Waals surface area contributed by atoms with Crippen LogP contribution in [0.1, 0.15) is 0 Å². The summed E-state index contributed by atoms with van der Waals surface area (Å²) in [5.41, 5.74) is 0.136. The largest absolute Gasteiger partial charge is 0.507 e. The summed E-state index contributed by atoms with van der Waals surface area (Å²) in [5, 5.41) is 80.1. The van der Waals surface area contributed by atoms with Crippen LogP contribution in [0.2, 0.25) is 0 Å². The third-order valence-corrected chi connectivity index (χ3v) is 5.44. The summed E-state index contributed by atoms with van der Waals surface area (Å²) in [7, 11) is 1.26. The molecule has 4 rings (SSSR count). The molecule has 2 aromatic carbocycles. The van der Waals surface area contributed by atoms with Gasteiger partial charge in [0.2, 0.25) is 17.8 Å². The van der Waals surface area contributed by atoms with Crippen molar-refractivity contribution in [2.24, 2.45) is 0 Å². The number of fused-ring (bicyclic) bond motifs is 1. The molecule has 0 amide bonds. The Balaban J connectivity index is 1.87. The fraction of sp³-hybridized carbons (Fsp3) is 0.318. The zero-order valence-electron chi connectivity index (χ0n) is 17.7. The molecule has 1 saturated heterocycles. The average Bonchev–Trinajstić information content (AvgIpc) is 2.81. The molecule has 34 heavy (non-hydrogen) atoms. The normalized spacial score (nSPS) is 24.8. The summed E-state index contributed by atoms with van der Waals surface area (Å²) in [4.78, 5) is 0. The van der Waals surface area contributed by atoms with Crippen LogP contribution in [0.4, 0.5) is 0 Å². The second kappa shape index (κ2) is 9.00. The van der Waals surface area contributed by atoms with Crippen LogP contribution < -0.4 is 9.47 Å². The summed E-state index contributed by atoms with van der Waals surface area (Å²) in [6.07, 6.45) is -7.88. The second-order valence-corrected chi connectivity index (χ2v) is 7.68. The zero-order valence-corrected chi connectivity index (χ0v) is 17.7. The number of hydrogen-bond donors (Lipinski definition) is 8. The molecule has 1 aliphatic heterocycles. The van der Waals surface area contributed by atoms with Crippen molar-refractivity contribution in [1.29, 1.82) is 0 Å². The molecule has 1 fully saturated rings. The number of ether oxygens (including phenoxy) is 3. The Labute approximate surface area is 191 Å². The molecule has 2 heterocycles. The van der Waals surface area contributed by atoms with Gasteiger partial charge in [-0.1, -0.05) is 0 Å². The lowest BCUT2D eigenvalue weighted by Gasteiger charge is -2.39. The molecule has 12 heteroatoms. The lowest BCUT2D eigenvalue weighted by atomic mass is 9.99. The van der Waals surface area contributed by atoms with Crippen LogP contribution in [-0.2, 0) is 4.74 Å². The van der Waals surface area contributed by atoms with E-state index in [0.717, 1.165) is 12.1 Å². The van der Waals surface area contributed by atoms with Crippen LogP contribution in [-0.4, -0.2) is 85.3 Å². The van der Waals surface area contributed by atoms with Gasteiger partial charge in [-0.3, -0.25) is 0 Å². The molecule has 1 aliphatic rings. The van der Waals surface area contributed by atoms with E-state index in [4.69, 9.17) is 18.6 Å². The Bertz CT molecular complexity index is 1210. The van der Waals surface area contributed by atoms with Gasteiger partial charge in [0.1, 0.15) is 41.3 Å². The van der Waals surface area contributed by atoms with Gasteiger partial charge in [0.15, 0.2) is 11.5 Å². The zero-order chi connectivity index (χ0) is 24.7. The van der Waals surface area contributed by atoms with E-state index in [0.29, 0.717) is 0 Å². The van der Waals surface area contributed by atoms with E-state index in [2.05, 4.69) is 0 Å². The van der Waals surface area contributed by atoms with Gasteiger partial charge >= 0.3 is 11.3 Å². The summed E-state index contributed by atoms with van der Waals surface area (Å²) in [6.45, 7) is -0.678. The molecule has 1 aromatic heterocycles. The van der Waals surface area contributed by atoms with Crippen molar-refractivity contribution >= 4 is 11.0 Å². The third-order valence-electron chi connectivity index (χ3n) is 5.44. The van der Waals surface area contributed by atoms with Gasteiger partial charge in [0.25, 0.3) is 0 Å². The fourth-order valence-electron chi connectivity index (χ4n) is 3.64. The lowest BCUT2D eigenvalue weighted by molar-refractivity contribution is -0.277. The SMILES string of the molecule is COc1cc(-c2[o+]c3cc(O)cc(O)c3cc2O[C@@H]2O[C@H](CO)[C@H](O)[C@H](O)[C@H]2O)cc(O)c1O. The first-order chi connectivity index (χ1) is 16.1. The molecule has 0 radical (unpaired) electrons. The molecule has 8 N–H and O–H groups in total. The predicted molar refractivity (Wildman–Crippen MR) is 114 cm³/mol. The first-order valence-electron chi connectivity index (χ1n) is 10.0. The minimum atomic E-state index is -1.74. The third kappa shape index (κ3) is 4.08. The molecule has 12 nitrogen and oxygen atoms in total. The quantitative estimate of drug-likeness (QED) is 0.185. The highest BCUT2D eigenvalue weighted by molar-refractivity contribution is 5.88. The Morgan fingerprint density at radius 1 is 0.882 bits per heavy atom. The van der Waals surface area contributed by atoms with Crippen molar-refractivity contribution in [3.8, 4) is 45.8 Å². The van der Waals surface area contributed by atoms with Crippen molar-refractivity contribution in [2.75, 3.05) is 13.7 Å². The van der Waals surface area contributed by atoms with Crippen LogP contribution in [0.25, 0.3) is 22.3 Å². The minimum absolute atomic E-state index is 0.0141.